The Kier molecular flexibility index (Phi) is 7.18. The fraction of sp³-hybridized carbons (Fsp3) is 0.312. The number of anilines is 1. The number of ether oxygens (including phenoxy) is 1. The molecule has 0 saturated carbocycles. The zero-order valence-electron chi connectivity index (χ0n) is 15.9. The average Bonchev–Trinajstić information content (AvgIpc) is 3.25. The minimum atomic E-state index is -1.19. The molecule has 3 heterocycles. The van der Waals surface area contributed by atoms with Crippen molar-refractivity contribution in [1.29, 1.82) is 0 Å². The van der Waals surface area contributed by atoms with E-state index >= 15 is 0 Å². The van der Waals surface area contributed by atoms with E-state index in [4.69, 9.17) is 32.9 Å². The number of nitrogen functional groups attached to an aromatic ring is 1. The molecule has 13 nitrogen and oxygen atoms in total. The fourth-order valence-corrected chi connectivity index (χ4v) is 4.52. The molecule has 31 heavy (non-hydrogen) atoms. The predicted octanol–water partition coefficient (Wildman–Crippen LogP) is -1.43. The number of phenolic OH excluding ortho intramolecular Hbond substituents is 1. The number of non-ortho nitro benzene ring substituents is 1. The first-order chi connectivity index (χ1) is 14.6. The molecule has 1 fully saturated rings. The number of aromatic hydroxyl groups is 1. The van der Waals surface area contributed by atoms with Crippen LogP contribution in [0.15, 0.2) is 24.5 Å². The van der Waals surface area contributed by atoms with Crippen LogP contribution in [0, 0.1) is 14.8 Å². The van der Waals surface area contributed by atoms with Crippen LogP contribution in [-0.2, 0) is 30.9 Å². The Hall–Kier alpha value is -2.23. The van der Waals surface area contributed by atoms with Gasteiger partial charge in [0.1, 0.15) is 18.3 Å². The number of fused-ring (bicyclic) bond motifs is 1. The number of hydrogen-bond acceptors (Lipinski definition) is 10. The predicted molar refractivity (Wildman–Crippen MR) is 103 cm³/mol. The number of nitrogens with one attached hydrogen (secondary N) is 2. The summed E-state index contributed by atoms with van der Waals surface area (Å²) in [5.74, 6) is 0.293. The summed E-state index contributed by atoms with van der Waals surface area (Å²) in [4.78, 5) is 19.4. The summed E-state index contributed by atoms with van der Waals surface area (Å²) < 4.78 is 7.95. The number of nitrogens with zero attached hydrogens (tertiary/aromatic N) is 3. The van der Waals surface area contributed by atoms with Gasteiger partial charge in [-0.25, -0.2) is 9.55 Å². The second kappa shape index (κ2) is 9.50. The molecule has 8 N–H and O–H groups in total. The first-order valence-corrected chi connectivity index (χ1v) is 12.0. The number of aromatic nitrogens is 4. The third-order valence-corrected chi connectivity index (χ3v) is 7.09. The molecule has 4 atom stereocenters. The SMILES string of the molecule is Nc1nc(=S)c2[nH]c[n+](C3OC(CO)C(O)C3O)c2[nH]1.O=[N+]([O-])c1ccc(O)[c]([Hg])c1. The van der Waals surface area contributed by atoms with E-state index in [-0.39, 0.29) is 48.1 Å². The van der Waals surface area contributed by atoms with Crippen molar-refractivity contribution in [2.45, 2.75) is 24.5 Å². The molecule has 15 heteroatoms. The summed E-state index contributed by atoms with van der Waals surface area (Å²) in [5, 5.41) is 48.2. The maximum atomic E-state index is 10.2. The zero-order chi connectivity index (χ0) is 22.9. The van der Waals surface area contributed by atoms with Gasteiger partial charge in [0.05, 0.1) is 6.61 Å². The van der Waals surface area contributed by atoms with Crippen LogP contribution in [0.5, 0.6) is 5.75 Å². The van der Waals surface area contributed by atoms with Gasteiger partial charge in [-0.2, -0.15) is 4.98 Å². The van der Waals surface area contributed by atoms with E-state index in [1.165, 1.54) is 29.1 Å². The Bertz CT molecular complexity index is 1170. The summed E-state index contributed by atoms with van der Waals surface area (Å²) in [6.45, 7) is -0.392. The van der Waals surface area contributed by atoms with Gasteiger partial charge in [0.15, 0.2) is 11.0 Å². The molecule has 0 spiro atoms. The first kappa shape index (κ1) is 23.4. The number of aliphatic hydroxyl groups excluding tert-OH is 3. The Morgan fingerprint density at radius 1 is 1.39 bits per heavy atom. The molecule has 3 aromatic rings. The van der Waals surface area contributed by atoms with Crippen LogP contribution in [0.4, 0.5) is 11.6 Å². The van der Waals surface area contributed by atoms with Gasteiger partial charge in [-0.3, -0.25) is 4.98 Å². The second-order valence-corrected chi connectivity index (χ2v) is 9.98. The van der Waals surface area contributed by atoms with Crippen LogP contribution in [0.25, 0.3) is 11.2 Å². The van der Waals surface area contributed by atoms with Crippen LogP contribution < -0.4 is 13.4 Å². The van der Waals surface area contributed by atoms with E-state index in [9.17, 15) is 20.3 Å². The summed E-state index contributed by atoms with van der Waals surface area (Å²) in [5.41, 5.74) is 6.68. The second-order valence-electron chi connectivity index (χ2n) is 6.63. The van der Waals surface area contributed by atoms with Crippen molar-refractivity contribution in [2.24, 2.45) is 0 Å². The standard InChI is InChI=1S/C10H13N5O4S.C6H4NO3.Hg/c11-10-13-7-4(8(20)14-10)12-2-15(7)9-6(18)5(17)3(1-16)19-9;8-6-3-1-5(2-4-6)7(9)10;/h2-3,5-6,9,16-18H,1H2,(H3,11,13,14,20);1-3,8H;/p+1. The van der Waals surface area contributed by atoms with Gasteiger partial charge in [-0.15, -0.1) is 0 Å². The number of benzene rings is 1. The molecule has 1 saturated heterocycles. The Labute approximate surface area is 195 Å². The van der Waals surface area contributed by atoms with Crippen LogP contribution in [0.2, 0.25) is 0 Å². The average molecular weight is 639 g/mol. The van der Waals surface area contributed by atoms with Gasteiger partial charge < -0.3 is 25.8 Å². The molecular weight excluding hydrogens is 621 g/mol. The topological polar surface area (TPSA) is 208 Å². The molecule has 1 aliphatic rings. The number of hydrogen-bond donors (Lipinski definition) is 7. The third-order valence-electron chi connectivity index (χ3n) is 4.59. The van der Waals surface area contributed by atoms with Gasteiger partial charge in [0.2, 0.25) is 11.7 Å². The van der Waals surface area contributed by atoms with Crippen LogP contribution in [0.3, 0.4) is 0 Å². The van der Waals surface area contributed by atoms with E-state index in [0.29, 0.717) is 14.2 Å². The number of phenols is 1. The van der Waals surface area contributed by atoms with Crippen molar-refractivity contribution >= 4 is 38.1 Å². The molecule has 0 bridgehead atoms. The van der Waals surface area contributed by atoms with Gasteiger partial charge in [0, 0.05) is 0 Å². The fourth-order valence-electron chi connectivity index (χ4n) is 3.00. The number of rotatable bonds is 3. The monoisotopic (exact) mass is 640 g/mol. The van der Waals surface area contributed by atoms with Crippen molar-refractivity contribution in [3.05, 3.63) is 39.3 Å². The van der Waals surface area contributed by atoms with Crippen LogP contribution in [-0.4, -0.2) is 65.2 Å². The van der Waals surface area contributed by atoms with Gasteiger partial charge >= 0.3 is 79.0 Å². The summed E-state index contributed by atoms with van der Waals surface area (Å²) in [6.07, 6.45) is -2.56. The number of H-pyrrole nitrogens is 2. The quantitative estimate of drug-likeness (QED) is 0.0585. The minimum absolute atomic E-state index is 0.0489. The summed E-state index contributed by atoms with van der Waals surface area (Å²) in [6, 6.07) is 4.07. The first-order valence-electron chi connectivity index (χ1n) is 8.83. The number of aromatic amines is 2. The zero-order valence-corrected chi connectivity index (χ0v) is 22.2. The van der Waals surface area contributed by atoms with Gasteiger partial charge in [-0.05, 0) is 0 Å². The van der Waals surface area contributed by atoms with E-state index < -0.39 is 36.1 Å². The maximum absolute atomic E-state index is 10.2. The molecule has 4 unspecified atom stereocenters. The van der Waals surface area contributed by atoms with Crippen molar-refractivity contribution < 1.29 is 60.8 Å². The van der Waals surface area contributed by atoms with Crippen molar-refractivity contribution in [3.8, 4) is 5.75 Å². The summed E-state index contributed by atoms with van der Waals surface area (Å²) >= 11 is 5.30. The number of nitrogens with two attached hydrogens (primary N) is 1. The summed E-state index contributed by atoms with van der Waals surface area (Å²) in [7, 11) is 0. The van der Waals surface area contributed by atoms with E-state index in [2.05, 4.69) is 15.0 Å². The molecule has 2 aromatic heterocycles. The van der Waals surface area contributed by atoms with Gasteiger partial charge in [0.25, 0.3) is 11.6 Å². The molecule has 1 aliphatic heterocycles. The third kappa shape index (κ3) is 4.83. The van der Waals surface area contributed by atoms with Gasteiger partial charge in [-0.1, -0.05) is 12.2 Å². The van der Waals surface area contributed by atoms with Crippen molar-refractivity contribution in [1.82, 2.24) is 15.0 Å². The van der Waals surface area contributed by atoms with Crippen molar-refractivity contribution in [3.63, 3.8) is 0 Å². The number of nitro benzene ring substituents is 1. The molecule has 161 valence electrons. The van der Waals surface area contributed by atoms with E-state index in [0.717, 1.165) is 0 Å². The van der Waals surface area contributed by atoms with Crippen LogP contribution >= 0.6 is 12.2 Å². The number of nitro groups is 1. The molecule has 4 rings (SSSR count). The molecule has 0 amide bonds. The molecular formula is C16H18HgN6O7S+. The molecule has 1 aromatic carbocycles. The van der Waals surface area contributed by atoms with Crippen molar-refractivity contribution in [2.75, 3.05) is 12.3 Å². The Morgan fingerprint density at radius 2 is 2.10 bits per heavy atom. The van der Waals surface area contributed by atoms with Crippen LogP contribution in [0.1, 0.15) is 6.23 Å². The molecule has 0 aliphatic carbocycles. The molecule has 0 radical (unpaired) electrons. The Balaban J connectivity index is 0.000000210. The Morgan fingerprint density at radius 3 is 2.68 bits per heavy atom. The van der Waals surface area contributed by atoms with E-state index in [1.807, 2.05) is 0 Å². The number of aliphatic hydroxyl groups is 3. The van der Waals surface area contributed by atoms with E-state index in [1.54, 1.807) is 0 Å². The number of imidazole rings is 1. The normalized spacial score (nSPS) is 22.9.